The van der Waals surface area contributed by atoms with Crippen molar-refractivity contribution in [2.45, 2.75) is 13.1 Å². The number of esters is 1. The smallest absolute Gasteiger partial charge is 0.376 e. The van der Waals surface area contributed by atoms with Crippen molar-refractivity contribution >= 4 is 17.6 Å². The van der Waals surface area contributed by atoms with Gasteiger partial charge in [0.2, 0.25) is 5.82 Å². The number of aromatic nitrogens is 2. The third kappa shape index (κ3) is 3.76. The third-order valence-corrected chi connectivity index (χ3v) is 3.03. The Bertz CT molecular complexity index is 604. The van der Waals surface area contributed by atoms with Crippen molar-refractivity contribution in [3.05, 3.63) is 58.6 Å². The SMILES string of the molecule is COC(=O)c1nccc(CNCc2ccccc2Cl)n1. The number of nitrogens with zero attached hydrogens (tertiary/aromatic N) is 2. The molecule has 0 bridgehead atoms. The highest BCUT2D eigenvalue weighted by Gasteiger charge is 2.09. The number of ether oxygens (including phenoxy) is 1. The van der Waals surface area contributed by atoms with Crippen LogP contribution in [-0.2, 0) is 17.8 Å². The Morgan fingerprint density at radius 3 is 2.85 bits per heavy atom. The summed E-state index contributed by atoms with van der Waals surface area (Å²) in [7, 11) is 1.30. The van der Waals surface area contributed by atoms with Crippen LogP contribution in [0.4, 0.5) is 0 Å². The fourth-order valence-corrected chi connectivity index (χ4v) is 1.85. The van der Waals surface area contributed by atoms with Crippen LogP contribution in [0.5, 0.6) is 0 Å². The van der Waals surface area contributed by atoms with Crippen molar-refractivity contribution in [1.29, 1.82) is 0 Å². The lowest BCUT2D eigenvalue weighted by Crippen LogP contribution is -2.16. The molecule has 5 nitrogen and oxygen atoms in total. The van der Waals surface area contributed by atoms with Crippen LogP contribution in [0, 0.1) is 0 Å². The van der Waals surface area contributed by atoms with Crippen LogP contribution in [0.25, 0.3) is 0 Å². The first-order valence-electron chi connectivity index (χ1n) is 6.05. The first-order valence-corrected chi connectivity index (χ1v) is 6.43. The molecule has 0 atom stereocenters. The van der Waals surface area contributed by atoms with Crippen molar-refractivity contribution in [2.75, 3.05) is 7.11 Å². The summed E-state index contributed by atoms with van der Waals surface area (Å²) >= 11 is 6.06. The molecule has 0 amide bonds. The molecule has 0 fully saturated rings. The van der Waals surface area contributed by atoms with Crippen LogP contribution in [-0.4, -0.2) is 23.0 Å². The number of carbonyl (C=O) groups is 1. The van der Waals surface area contributed by atoms with E-state index in [1.54, 1.807) is 6.07 Å². The topological polar surface area (TPSA) is 64.1 Å². The van der Waals surface area contributed by atoms with Crippen LogP contribution in [0.1, 0.15) is 21.9 Å². The molecule has 0 radical (unpaired) electrons. The average molecular weight is 292 g/mol. The Balaban J connectivity index is 1.94. The Kier molecular flexibility index (Phi) is 5.03. The van der Waals surface area contributed by atoms with Gasteiger partial charge in [0.05, 0.1) is 12.8 Å². The highest BCUT2D eigenvalue weighted by Crippen LogP contribution is 2.14. The Morgan fingerprint density at radius 1 is 1.30 bits per heavy atom. The Morgan fingerprint density at radius 2 is 2.10 bits per heavy atom. The minimum Gasteiger partial charge on any atom is -0.463 e. The Labute approximate surface area is 122 Å². The average Bonchev–Trinajstić information content (AvgIpc) is 2.49. The van der Waals surface area contributed by atoms with Gasteiger partial charge in [0.25, 0.3) is 0 Å². The zero-order valence-corrected chi connectivity index (χ0v) is 11.7. The zero-order valence-electron chi connectivity index (χ0n) is 11.0. The molecule has 1 aromatic carbocycles. The van der Waals surface area contributed by atoms with E-state index in [1.165, 1.54) is 13.3 Å². The van der Waals surface area contributed by atoms with Crippen LogP contribution < -0.4 is 5.32 Å². The number of benzene rings is 1. The largest absolute Gasteiger partial charge is 0.463 e. The van der Waals surface area contributed by atoms with Gasteiger partial charge in [-0.1, -0.05) is 29.8 Å². The summed E-state index contributed by atoms with van der Waals surface area (Å²) in [5.41, 5.74) is 1.73. The quantitative estimate of drug-likeness (QED) is 0.856. The maximum Gasteiger partial charge on any atom is 0.376 e. The predicted octanol–water partition coefficient (Wildman–Crippen LogP) is 2.21. The lowest BCUT2D eigenvalue weighted by molar-refractivity contribution is 0.0586. The van der Waals surface area contributed by atoms with Gasteiger partial charge < -0.3 is 10.1 Å². The second kappa shape index (κ2) is 6.98. The highest BCUT2D eigenvalue weighted by atomic mass is 35.5. The lowest BCUT2D eigenvalue weighted by atomic mass is 10.2. The summed E-state index contributed by atoms with van der Waals surface area (Å²) in [4.78, 5) is 19.3. The lowest BCUT2D eigenvalue weighted by Gasteiger charge is -2.06. The fraction of sp³-hybridized carbons (Fsp3) is 0.214. The molecule has 0 saturated heterocycles. The van der Waals surface area contributed by atoms with Gasteiger partial charge in [-0.2, -0.15) is 0 Å². The van der Waals surface area contributed by atoms with Crippen LogP contribution in [0.15, 0.2) is 36.5 Å². The van der Waals surface area contributed by atoms with E-state index in [1.807, 2.05) is 24.3 Å². The van der Waals surface area contributed by atoms with Gasteiger partial charge in [-0.25, -0.2) is 14.8 Å². The van der Waals surface area contributed by atoms with Gasteiger partial charge >= 0.3 is 5.97 Å². The molecule has 0 unspecified atom stereocenters. The summed E-state index contributed by atoms with van der Waals surface area (Å²) in [6, 6.07) is 9.36. The number of hydrogen-bond donors (Lipinski definition) is 1. The van der Waals surface area contributed by atoms with E-state index in [0.29, 0.717) is 18.8 Å². The molecule has 0 spiro atoms. The van der Waals surface area contributed by atoms with E-state index >= 15 is 0 Å². The van der Waals surface area contributed by atoms with E-state index < -0.39 is 5.97 Å². The minimum atomic E-state index is -0.544. The van der Waals surface area contributed by atoms with Crippen molar-refractivity contribution in [2.24, 2.45) is 0 Å². The third-order valence-electron chi connectivity index (χ3n) is 2.66. The summed E-state index contributed by atoms with van der Waals surface area (Å²) in [6.45, 7) is 1.13. The zero-order chi connectivity index (χ0) is 14.4. The highest BCUT2D eigenvalue weighted by molar-refractivity contribution is 6.31. The van der Waals surface area contributed by atoms with Crippen molar-refractivity contribution < 1.29 is 9.53 Å². The van der Waals surface area contributed by atoms with Gasteiger partial charge in [0, 0.05) is 24.3 Å². The summed E-state index contributed by atoms with van der Waals surface area (Å²) in [5.74, 6) is -0.484. The molecular formula is C14H14ClN3O2. The molecule has 1 N–H and O–H groups in total. The maximum atomic E-state index is 11.3. The van der Waals surface area contributed by atoms with Crippen molar-refractivity contribution in [3.8, 4) is 0 Å². The van der Waals surface area contributed by atoms with E-state index in [-0.39, 0.29) is 5.82 Å². The standard InChI is InChI=1S/C14H14ClN3O2/c1-20-14(19)13-17-7-6-11(18-13)9-16-8-10-4-2-3-5-12(10)15/h2-7,16H,8-9H2,1H3. The minimum absolute atomic E-state index is 0.0598. The number of nitrogens with one attached hydrogen (secondary N) is 1. The summed E-state index contributed by atoms with van der Waals surface area (Å²) in [5, 5.41) is 3.94. The van der Waals surface area contributed by atoms with Gasteiger partial charge in [0.1, 0.15) is 0 Å². The number of carbonyl (C=O) groups excluding carboxylic acids is 1. The van der Waals surface area contributed by atoms with E-state index in [9.17, 15) is 4.79 Å². The number of hydrogen-bond acceptors (Lipinski definition) is 5. The number of methoxy groups -OCH3 is 1. The molecular weight excluding hydrogens is 278 g/mol. The maximum absolute atomic E-state index is 11.3. The summed E-state index contributed by atoms with van der Waals surface area (Å²) < 4.78 is 4.58. The first-order chi connectivity index (χ1) is 9.70. The normalized spacial score (nSPS) is 10.3. The van der Waals surface area contributed by atoms with Crippen LogP contribution >= 0.6 is 11.6 Å². The molecule has 6 heteroatoms. The van der Waals surface area contributed by atoms with Crippen molar-refractivity contribution in [3.63, 3.8) is 0 Å². The molecule has 1 aromatic heterocycles. The van der Waals surface area contributed by atoms with E-state index in [0.717, 1.165) is 10.6 Å². The number of rotatable bonds is 5. The monoisotopic (exact) mass is 291 g/mol. The second-order valence-corrected chi connectivity index (χ2v) is 4.47. The molecule has 0 aliphatic rings. The van der Waals surface area contributed by atoms with Crippen LogP contribution in [0.3, 0.4) is 0 Å². The van der Waals surface area contributed by atoms with Crippen LogP contribution in [0.2, 0.25) is 5.02 Å². The summed E-state index contributed by atoms with van der Waals surface area (Å²) in [6.07, 6.45) is 1.53. The van der Waals surface area contributed by atoms with Gasteiger partial charge in [-0.3, -0.25) is 0 Å². The molecule has 104 valence electrons. The molecule has 20 heavy (non-hydrogen) atoms. The molecule has 2 aromatic rings. The van der Waals surface area contributed by atoms with Gasteiger partial charge in [-0.15, -0.1) is 0 Å². The van der Waals surface area contributed by atoms with E-state index in [2.05, 4.69) is 20.0 Å². The first kappa shape index (κ1) is 14.4. The predicted molar refractivity (Wildman–Crippen MR) is 75.4 cm³/mol. The molecule has 0 saturated carbocycles. The molecule has 0 aliphatic carbocycles. The van der Waals surface area contributed by atoms with Gasteiger partial charge in [-0.05, 0) is 17.7 Å². The second-order valence-electron chi connectivity index (χ2n) is 4.06. The Hall–Kier alpha value is -1.98. The molecule has 2 rings (SSSR count). The molecule has 0 aliphatic heterocycles. The fourth-order valence-electron chi connectivity index (χ4n) is 1.65. The van der Waals surface area contributed by atoms with Crippen molar-refractivity contribution in [1.82, 2.24) is 15.3 Å². The van der Waals surface area contributed by atoms with Gasteiger partial charge in [0.15, 0.2) is 0 Å². The number of halogens is 1. The van der Waals surface area contributed by atoms with E-state index in [4.69, 9.17) is 11.6 Å². The molecule has 1 heterocycles.